The number of benzene rings is 1. The van der Waals surface area contributed by atoms with Gasteiger partial charge in [-0.2, -0.15) is 5.10 Å². The van der Waals surface area contributed by atoms with E-state index in [1.165, 1.54) is 18.4 Å². The van der Waals surface area contributed by atoms with Gasteiger partial charge < -0.3 is 14.6 Å². The molecule has 0 amide bonds. The molecule has 0 aliphatic heterocycles. The topological polar surface area (TPSA) is 62.6 Å². The van der Waals surface area contributed by atoms with Crippen LogP contribution in [0.1, 0.15) is 29.5 Å². The zero-order valence-electron chi connectivity index (χ0n) is 20.1. The molecule has 1 fully saturated rings. The minimum atomic E-state index is -0.0359. The first-order chi connectivity index (χ1) is 16.5. The Labute approximate surface area is 204 Å². The van der Waals surface area contributed by atoms with Gasteiger partial charge in [0.25, 0.3) is 5.56 Å². The number of H-pyrrole nitrogens is 1. The average molecular weight is 475 g/mol. The first kappa shape index (κ1) is 22.6. The molecule has 1 aromatic carbocycles. The Bertz CT molecular complexity index is 1400. The second-order valence-electron chi connectivity index (χ2n) is 9.07. The summed E-state index contributed by atoms with van der Waals surface area (Å²) in [7, 11) is 1.72. The summed E-state index contributed by atoms with van der Waals surface area (Å²) in [6, 6.07) is 14.4. The van der Waals surface area contributed by atoms with E-state index in [2.05, 4.69) is 60.3 Å². The van der Waals surface area contributed by atoms with Crippen molar-refractivity contribution in [2.24, 2.45) is 5.92 Å². The maximum atomic E-state index is 12.5. The molecule has 3 heterocycles. The van der Waals surface area contributed by atoms with Crippen molar-refractivity contribution in [1.29, 1.82) is 0 Å². The van der Waals surface area contributed by atoms with Crippen molar-refractivity contribution in [2.45, 2.75) is 38.3 Å². The summed E-state index contributed by atoms with van der Waals surface area (Å²) in [5.41, 5.74) is 7.22. The van der Waals surface area contributed by atoms with Gasteiger partial charge in [0, 0.05) is 30.4 Å². The van der Waals surface area contributed by atoms with Crippen molar-refractivity contribution in [3.05, 3.63) is 75.7 Å². The number of pyridine rings is 2. The van der Waals surface area contributed by atoms with E-state index in [0.29, 0.717) is 12.5 Å². The van der Waals surface area contributed by atoms with Gasteiger partial charge in [-0.05, 0) is 74.3 Å². The van der Waals surface area contributed by atoms with Crippen LogP contribution in [0.2, 0.25) is 0 Å². The summed E-state index contributed by atoms with van der Waals surface area (Å²) in [5, 5.41) is 6.02. The molecular formula is C27H30N4O2S. The van der Waals surface area contributed by atoms with Crippen LogP contribution >= 0.6 is 11.8 Å². The molecule has 3 aromatic heterocycles. The molecule has 34 heavy (non-hydrogen) atoms. The molecule has 1 aliphatic rings. The van der Waals surface area contributed by atoms with Crippen LogP contribution < -0.4 is 15.2 Å². The first-order valence-corrected chi connectivity index (χ1v) is 12.9. The number of rotatable bonds is 8. The molecular weight excluding hydrogens is 444 g/mol. The van der Waals surface area contributed by atoms with E-state index in [9.17, 15) is 4.79 Å². The molecule has 1 N–H and O–H groups in total. The zero-order chi connectivity index (χ0) is 23.8. The lowest BCUT2D eigenvalue weighted by atomic mass is 10.0. The van der Waals surface area contributed by atoms with Gasteiger partial charge in [-0.1, -0.05) is 18.2 Å². The number of aryl methyl sites for hydroxylation is 2. The van der Waals surface area contributed by atoms with Gasteiger partial charge in [0.05, 0.1) is 24.0 Å². The van der Waals surface area contributed by atoms with Crippen molar-refractivity contribution >= 4 is 23.0 Å². The number of ether oxygens (including phenoxy) is 1. The fraction of sp³-hybridized carbons (Fsp3) is 0.333. The first-order valence-electron chi connectivity index (χ1n) is 11.6. The van der Waals surface area contributed by atoms with Crippen LogP contribution in [-0.2, 0) is 6.54 Å². The summed E-state index contributed by atoms with van der Waals surface area (Å²) in [5.74, 6) is 1.51. The molecule has 4 aromatic rings. The molecule has 5 rings (SSSR count). The molecule has 7 heteroatoms. The molecule has 0 saturated heterocycles. The number of fused-ring (bicyclic) bond motifs is 1. The number of hydrogen-bond acceptors (Lipinski definition) is 5. The third-order valence-corrected chi connectivity index (χ3v) is 7.13. The number of methoxy groups -OCH3 is 1. The largest absolute Gasteiger partial charge is 0.496 e. The Morgan fingerprint density at radius 2 is 2.03 bits per heavy atom. The SMILES string of the molecule is COc1cc(C)cc(C)c1-c1cccc2c(N(Cc3ccc[nH]c3=O)CC3CC3)c(SC)nn12. The third kappa shape index (κ3) is 4.20. The number of thioether (sulfide) groups is 1. The lowest BCUT2D eigenvalue weighted by Gasteiger charge is -2.24. The van der Waals surface area contributed by atoms with Gasteiger partial charge in [-0.15, -0.1) is 11.8 Å². The number of nitrogens with one attached hydrogen (secondary N) is 1. The summed E-state index contributed by atoms with van der Waals surface area (Å²) in [6.07, 6.45) is 6.22. The molecule has 1 saturated carbocycles. The number of anilines is 1. The molecule has 0 unspecified atom stereocenters. The minimum absolute atomic E-state index is 0.0359. The van der Waals surface area contributed by atoms with Crippen molar-refractivity contribution in [2.75, 3.05) is 24.8 Å². The van der Waals surface area contributed by atoms with Crippen LogP contribution in [0.5, 0.6) is 5.75 Å². The highest BCUT2D eigenvalue weighted by Crippen LogP contribution is 2.41. The smallest absolute Gasteiger partial charge is 0.252 e. The maximum absolute atomic E-state index is 12.5. The highest BCUT2D eigenvalue weighted by molar-refractivity contribution is 7.98. The highest BCUT2D eigenvalue weighted by atomic mass is 32.2. The van der Waals surface area contributed by atoms with Crippen LogP contribution in [0.15, 0.2) is 58.5 Å². The molecule has 0 spiro atoms. The lowest BCUT2D eigenvalue weighted by Crippen LogP contribution is -2.29. The van der Waals surface area contributed by atoms with E-state index < -0.39 is 0 Å². The zero-order valence-corrected chi connectivity index (χ0v) is 20.9. The van der Waals surface area contributed by atoms with Gasteiger partial charge in [0.15, 0.2) is 0 Å². The third-order valence-electron chi connectivity index (χ3n) is 6.47. The Morgan fingerprint density at radius 3 is 2.74 bits per heavy atom. The van der Waals surface area contributed by atoms with Gasteiger partial charge in [0.2, 0.25) is 0 Å². The average Bonchev–Trinajstić information content (AvgIpc) is 3.56. The molecule has 176 valence electrons. The van der Waals surface area contributed by atoms with Gasteiger partial charge in [-0.25, -0.2) is 4.52 Å². The van der Waals surface area contributed by atoms with Crippen LogP contribution in [0.4, 0.5) is 5.69 Å². The predicted molar refractivity (Wildman–Crippen MR) is 139 cm³/mol. The van der Waals surface area contributed by atoms with E-state index in [1.807, 2.05) is 16.6 Å². The van der Waals surface area contributed by atoms with Crippen LogP contribution in [0.25, 0.3) is 16.8 Å². The Balaban J connectivity index is 1.69. The van der Waals surface area contributed by atoms with E-state index in [0.717, 1.165) is 50.9 Å². The minimum Gasteiger partial charge on any atom is -0.496 e. The summed E-state index contributed by atoms with van der Waals surface area (Å²) in [4.78, 5) is 17.7. The van der Waals surface area contributed by atoms with Crippen molar-refractivity contribution < 1.29 is 4.74 Å². The van der Waals surface area contributed by atoms with E-state index in [4.69, 9.17) is 9.84 Å². The Morgan fingerprint density at radius 1 is 1.21 bits per heavy atom. The van der Waals surface area contributed by atoms with Gasteiger partial charge in [0.1, 0.15) is 10.8 Å². The number of hydrogen-bond donors (Lipinski definition) is 1. The monoisotopic (exact) mass is 474 g/mol. The summed E-state index contributed by atoms with van der Waals surface area (Å²) >= 11 is 1.64. The van der Waals surface area contributed by atoms with Crippen LogP contribution in [-0.4, -0.2) is 34.5 Å². The molecule has 0 atom stereocenters. The molecule has 6 nitrogen and oxygen atoms in total. The van der Waals surface area contributed by atoms with Gasteiger partial charge >= 0.3 is 0 Å². The highest BCUT2D eigenvalue weighted by Gasteiger charge is 2.29. The lowest BCUT2D eigenvalue weighted by molar-refractivity contribution is 0.415. The predicted octanol–water partition coefficient (Wildman–Crippen LogP) is 5.45. The van der Waals surface area contributed by atoms with Crippen LogP contribution in [0.3, 0.4) is 0 Å². The molecule has 1 aliphatic carbocycles. The van der Waals surface area contributed by atoms with Crippen LogP contribution in [0, 0.1) is 19.8 Å². The van der Waals surface area contributed by atoms with E-state index in [-0.39, 0.29) is 5.56 Å². The number of aromatic amines is 1. The maximum Gasteiger partial charge on any atom is 0.252 e. The van der Waals surface area contributed by atoms with Crippen molar-refractivity contribution in [3.63, 3.8) is 0 Å². The van der Waals surface area contributed by atoms with E-state index in [1.54, 1.807) is 25.1 Å². The van der Waals surface area contributed by atoms with Crippen molar-refractivity contribution in [3.8, 4) is 17.0 Å². The number of nitrogens with zero attached hydrogens (tertiary/aromatic N) is 3. The second kappa shape index (κ2) is 9.22. The Hall–Kier alpha value is -3.19. The quantitative estimate of drug-likeness (QED) is 0.344. The fourth-order valence-electron chi connectivity index (χ4n) is 4.71. The Kier molecular flexibility index (Phi) is 6.13. The van der Waals surface area contributed by atoms with Gasteiger partial charge in [-0.3, -0.25) is 4.79 Å². The standard InChI is InChI=1S/C27H30N4O2S/c1-17-13-18(2)24(23(14-17)33-3)21-8-5-9-22-25(27(34-4)29-31(21)22)30(15-19-10-11-19)16-20-7-6-12-28-26(20)32/h5-9,12-14,19H,10-11,15-16H2,1-4H3,(H,28,32). The summed E-state index contributed by atoms with van der Waals surface area (Å²) in [6.45, 7) is 5.67. The van der Waals surface area contributed by atoms with E-state index >= 15 is 0 Å². The second-order valence-corrected chi connectivity index (χ2v) is 9.87. The van der Waals surface area contributed by atoms with Crippen molar-refractivity contribution in [1.82, 2.24) is 14.6 Å². The normalized spacial score (nSPS) is 13.4. The fourth-order valence-corrected chi connectivity index (χ4v) is 5.30. The molecule has 0 radical (unpaired) electrons. The summed E-state index contributed by atoms with van der Waals surface area (Å²) < 4.78 is 7.82. The molecule has 0 bridgehead atoms. The number of aromatic nitrogens is 3.